The van der Waals surface area contributed by atoms with Crippen molar-refractivity contribution < 1.29 is 4.74 Å². The van der Waals surface area contributed by atoms with Crippen LogP contribution in [0.5, 0.6) is 11.5 Å². The van der Waals surface area contributed by atoms with Gasteiger partial charge in [0.2, 0.25) is 0 Å². The fourth-order valence-electron chi connectivity index (χ4n) is 4.43. The van der Waals surface area contributed by atoms with Gasteiger partial charge in [0.1, 0.15) is 11.5 Å². The van der Waals surface area contributed by atoms with Crippen LogP contribution in [0.4, 0.5) is 5.69 Å². The molecule has 3 nitrogen and oxygen atoms in total. The minimum Gasteiger partial charge on any atom is -0.457 e. The van der Waals surface area contributed by atoms with Gasteiger partial charge in [-0.2, -0.15) is 0 Å². The van der Waals surface area contributed by atoms with E-state index < -0.39 is 0 Å². The molecule has 1 saturated heterocycles. The van der Waals surface area contributed by atoms with Gasteiger partial charge in [0.25, 0.3) is 0 Å². The molecule has 27 heavy (non-hydrogen) atoms. The molecular formula is C24H24N2O. The maximum absolute atomic E-state index is 5.94. The summed E-state index contributed by atoms with van der Waals surface area (Å²) in [6.45, 7) is 2.20. The lowest BCUT2D eigenvalue weighted by molar-refractivity contribution is 0.483. The molecule has 0 spiro atoms. The summed E-state index contributed by atoms with van der Waals surface area (Å²) in [4.78, 5) is 0. The highest BCUT2D eigenvalue weighted by molar-refractivity contribution is 5.78. The van der Waals surface area contributed by atoms with Gasteiger partial charge in [0.05, 0.1) is 0 Å². The maximum atomic E-state index is 5.94. The highest BCUT2D eigenvalue weighted by atomic mass is 16.5. The molecular weight excluding hydrogens is 332 g/mol. The van der Waals surface area contributed by atoms with Crippen molar-refractivity contribution in [3.05, 3.63) is 78.4 Å². The maximum Gasteiger partial charge on any atom is 0.127 e. The summed E-state index contributed by atoms with van der Waals surface area (Å²) in [6, 6.07) is 25.6. The third kappa shape index (κ3) is 3.19. The summed E-state index contributed by atoms with van der Waals surface area (Å²) in [7, 11) is 0. The Balaban J connectivity index is 1.45. The van der Waals surface area contributed by atoms with Gasteiger partial charge in [-0.3, -0.25) is 0 Å². The van der Waals surface area contributed by atoms with Crippen LogP contribution in [0.25, 0.3) is 11.1 Å². The summed E-state index contributed by atoms with van der Waals surface area (Å²) in [6.07, 6.45) is 2.37. The molecule has 0 radical (unpaired) electrons. The van der Waals surface area contributed by atoms with E-state index in [0.29, 0.717) is 12.0 Å². The monoisotopic (exact) mass is 356 g/mol. The van der Waals surface area contributed by atoms with E-state index in [2.05, 4.69) is 53.1 Å². The van der Waals surface area contributed by atoms with E-state index in [1.807, 2.05) is 30.3 Å². The zero-order valence-electron chi connectivity index (χ0n) is 15.3. The first-order valence-electron chi connectivity index (χ1n) is 9.82. The average Bonchev–Trinajstić information content (AvgIpc) is 2.91. The largest absolute Gasteiger partial charge is 0.457 e. The second-order valence-corrected chi connectivity index (χ2v) is 7.39. The van der Waals surface area contributed by atoms with Gasteiger partial charge in [-0.25, -0.2) is 0 Å². The van der Waals surface area contributed by atoms with E-state index >= 15 is 0 Å². The Hall–Kier alpha value is -2.78. The normalized spacial score (nSPS) is 20.9. The number of anilines is 1. The Labute approximate surface area is 160 Å². The van der Waals surface area contributed by atoms with Crippen LogP contribution in [0.1, 0.15) is 24.3 Å². The van der Waals surface area contributed by atoms with Crippen molar-refractivity contribution in [2.45, 2.75) is 24.8 Å². The standard InChI is InChI=1S/C24H24N2O/c1-2-5-18(6-3-1)27-19-11-9-17(10-12-19)20-7-4-8-23-24(20)21-13-15-25-16-14-22(21)26-23/h1-12,21-22,25-26H,13-16H2/t21-,22-/m0/s1. The van der Waals surface area contributed by atoms with Crippen LogP contribution in [-0.4, -0.2) is 19.1 Å². The highest BCUT2D eigenvalue weighted by Crippen LogP contribution is 2.45. The molecule has 0 aromatic heterocycles. The summed E-state index contributed by atoms with van der Waals surface area (Å²) in [5, 5.41) is 7.31. The van der Waals surface area contributed by atoms with E-state index in [9.17, 15) is 0 Å². The predicted molar refractivity (Wildman–Crippen MR) is 111 cm³/mol. The number of hydrogen-bond donors (Lipinski definition) is 2. The molecule has 0 aliphatic carbocycles. The lowest BCUT2D eigenvalue weighted by Crippen LogP contribution is -2.21. The smallest absolute Gasteiger partial charge is 0.127 e. The lowest BCUT2D eigenvalue weighted by Gasteiger charge is -2.18. The van der Waals surface area contributed by atoms with Crippen molar-refractivity contribution in [2.75, 3.05) is 18.4 Å². The van der Waals surface area contributed by atoms with Crippen molar-refractivity contribution >= 4 is 5.69 Å². The molecule has 136 valence electrons. The van der Waals surface area contributed by atoms with E-state index in [-0.39, 0.29) is 0 Å². The van der Waals surface area contributed by atoms with Crippen molar-refractivity contribution in [3.63, 3.8) is 0 Å². The Morgan fingerprint density at radius 3 is 2.37 bits per heavy atom. The van der Waals surface area contributed by atoms with Crippen LogP contribution >= 0.6 is 0 Å². The molecule has 5 rings (SSSR count). The van der Waals surface area contributed by atoms with Crippen molar-refractivity contribution in [2.24, 2.45) is 0 Å². The van der Waals surface area contributed by atoms with E-state index in [0.717, 1.165) is 24.6 Å². The van der Waals surface area contributed by atoms with Crippen LogP contribution in [0.3, 0.4) is 0 Å². The van der Waals surface area contributed by atoms with Gasteiger partial charge >= 0.3 is 0 Å². The second-order valence-electron chi connectivity index (χ2n) is 7.39. The summed E-state index contributed by atoms with van der Waals surface area (Å²) in [5.41, 5.74) is 5.41. The first kappa shape index (κ1) is 16.4. The summed E-state index contributed by atoms with van der Waals surface area (Å²) >= 11 is 0. The van der Waals surface area contributed by atoms with Crippen molar-refractivity contribution in [1.29, 1.82) is 0 Å². The van der Waals surface area contributed by atoms with Gasteiger partial charge in [-0.15, -0.1) is 0 Å². The molecule has 1 fully saturated rings. The molecule has 0 saturated carbocycles. The molecule has 3 aromatic rings. The van der Waals surface area contributed by atoms with Gasteiger partial charge in [0, 0.05) is 17.6 Å². The van der Waals surface area contributed by atoms with Crippen molar-refractivity contribution in [3.8, 4) is 22.6 Å². The number of hydrogen-bond acceptors (Lipinski definition) is 3. The summed E-state index contributed by atoms with van der Waals surface area (Å²) in [5.74, 6) is 2.32. The number of nitrogens with one attached hydrogen (secondary N) is 2. The van der Waals surface area contributed by atoms with Gasteiger partial charge in [-0.05, 0) is 73.0 Å². The zero-order valence-corrected chi connectivity index (χ0v) is 15.3. The minimum atomic E-state index is 0.553. The van der Waals surface area contributed by atoms with Crippen LogP contribution < -0.4 is 15.4 Å². The van der Waals surface area contributed by atoms with Gasteiger partial charge in [-0.1, -0.05) is 42.5 Å². The Kier molecular flexibility index (Phi) is 4.30. The Bertz CT molecular complexity index is 921. The minimum absolute atomic E-state index is 0.553. The number of fused-ring (bicyclic) bond motifs is 3. The second kappa shape index (κ2) is 7.09. The number of rotatable bonds is 3. The van der Waals surface area contributed by atoms with E-state index in [1.165, 1.54) is 35.2 Å². The zero-order chi connectivity index (χ0) is 18.1. The van der Waals surface area contributed by atoms with Crippen LogP contribution in [-0.2, 0) is 0 Å². The Morgan fingerprint density at radius 2 is 1.52 bits per heavy atom. The molecule has 0 unspecified atom stereocenters. The Morgan fingerprint density at radius 1 is 0.741 bits per heavy atom. The molecule has 3 aromatic carbocycles. The SMILES string of the molecule is c1ccc(Oc2ccc(-c3cccc4c3[C@H]3CCNCC[C@@H]3N4)cc2)cc1. The first-order valence-corrected chi connectivity index (χ1v) is 9.82. The molecule has 0 amide bonds. The van der Waals surface area contributed by atoms with Crippen LogP contribution in [0.15, 0.2) is 72.8 Å². The molecule has 2 N–H and O–H groups in total. The highest BCUT2D eigenvalue weighted by Gasteiger charge is 2.34. The number of ether oxygens (including phenoxy) is 1. The fourth-order valence-corrected chi connectivity index (χ4v) is 4.43. The molecule has 2 heterocycles. The summed E-state index contributed by atoms with van der Waals surface area (Å²) < 4.78 is 5.94. The van der Waals surface area contributed by atoms with E-state index in [4.69, 9.17) is 4.74 Å². The quantitative estimate of drug-likeness (QED) is 0.658. The van der Waals surface area contributed by atoms with Gasteiger partial charge in [0.15, 0.2) is 0 Å². The van der Waals surface area contributed by atoms with Crippen LogP contribution in [0, 0.1) is 0 Å². The molecule has 0 bridgehead atoms. The topological polar surface area (TPSA) is 33.3 Å². The van der Waals surface area contributed by atoms with Gasteiger partial charge < -0.3 is 15.4 Å². The van der Waals surface area contributed by atoms with Crippen molar-refractivity contribution in [1.82, 2.24) is 5.32 Å². The predicted octanol–water partition coefficient (Wildman–Crippen LogP) is 5.41. The lowest BCUT2D eigenvalue weighted by atomic mass is 9.86. The molecule has 2 atom stereocenters. The van der Waals surface area contributed by atoms with E-state index in [1.54, 1.807) is 0 Å². The van der Waals surface area contributed by atoms with Crippen LogP contribution in [0.2, 0.25) is 0 Å². The number of para-hydroxylation sites is 1. The molecule has 2 aliphatic heterocycles. The molecule has 2 aliphatic rings. The number of benzene rings is 3. The molecule has 3 heteroatoms. The first-order chi connectivity index (χ1) is 13.4. The average molecular weight is 356 g/mol. The fraction of sp³-hybridized carbons (Fsp3) is 0.250. The third-order valence-electron chi connectivity index (χ3n) is 5.71. The third-order valence-corrected chi connectivity index (χ3v) is 5.71.